The Bertz CT molecular complexity index is 314. The zero-order valence-electron chi connectivity index (χ0n) is 9.32. The van der Waals surface area contributed by atoms with Gasteiger partial charge in [-0.3, -0.25) is 0 Å². The van der Waals surface area contributed by atoms with Crippen molar-refractivity contribution in [3.8, 4) is 5.75 Å². The number of aldehydes is 1. The van der Waals surface area contributed by atoms with Gasteiger partial charge < -0.3 is 9.53 Å². The first-order chi connectivity index (χ1) is 7.24. The van der Waals surface area contributed by atoms with E-state index < -0.39 is 0 Å². The molecule has 1 atom stereocenters. The van der Waals surface area contributed by atoms with Gasteiger partial charge in [0.1, 0.15) is 12.0 Å². The predicted octanol–water partition coefficient (Wildman–Crippen LogP) is 3.11. The van der Waals surface area contributed by atoms with Gasteiger partial charge in [-0.2, -0.15) is 0 Å². The van der Waals surface area contributed by atoms with Crippen LogP contribution in [0.2, 0.25) is 0 Å². The Balaban J connectivity index is 3.14. The zero-order chi connectivity index (χ0) is 11.3. The van der Waals surface area contributed by atoms with Crippen LogP contribution in [0.15, 0.2) is 23.1 Å². The molecule has 0 aliphatic carbocycles. The summed E-state index contributed by atoms with van der Waals surface area (Å²) in [6.45, 7) is 2.05. The van der Waals surface area contributed by atoms with E-state index in [1.807, 2.05) is 25.3 Å². The smallest absolute Gasteiger partial charge is 0.123 e. The van der Waals surface area contributed by atoms with Crippen molar-refractivity contribution in [3.05, 3.63) is 23.8 Å². The van der Waals surface area contributed by atoms with Gasteiger partial charge in [-0.15, -0.1) is 11.8 Å². The average Bonchev–Trinajstić information content (AvgIpc) is 2.28. The molecule has 2 nitrogen and oxygen atoms in total. The second kappa shape index (κ2) is 5.81. The Morgan fingerprint density at radius 1 is 1.53 bits per heavy atom. The SMILES string of the molecule is COc1cccc(SC)c1C(C)CC=O. The average molecular weight is 224 g/mol. The molecule has 0 saturated heterocycles. The molecule has 82 valence electrons. The number of thioether (sulfide) groups is 1. The fourth-order valence-corrected chi connectivity index (χ4v) is 2.36. The maximum Gasteiger partial charge on any atom is 0.123 e. The van der Waals surface area contributed by atoms with Crippen LogP contribution in [0.3, 0.4) is 0 Å². The van der Waals surface area contributed by atoms with Gasteiger partial charge in [-0.25, -0.2) is 0 Å². The molecule has 0 amide bonds. The van der Waals surface area contributed by atoms with E-state index >= 15 is 0 Å². The van der Waals surface area contributed by atoms with Crippen molar-refractivity contribution < 1.29 is 9.53 Å². The lowest BCUT2D eigenvalue weighted by atomic mass is 9.97. The van der Waals surface area contributed by atoms with E-state index in [1.54, 1.807) is 18.9 Å². The molecule has 0 N–H and O–H groups in total. The van der Waals surface area contributed by atoms with E-state index in [0.29, 0.717) is 6.42 Å². The lowest BCUT2D eigenvalue weighted by Gasteiger charge is -2.16. The van der Waals surface area contributed by atoms with Gasteiger partial charge in [-0.05, 0) is 24.3 Å². The number of methoxy groups -OCH3 is 1. The minimum atomic E-state index is 0.209. The molecule has 0 aromatic heterocycles. The summed E-state index contributed by atoms with van der Waals surface area (Å²) in [4.78, 5) is 11.7. The van der Waals surface area contributed by atoms with Gasteiger partial charge in [0, 0.05) is 16.9 Å². The van der Waals surface area contributed by atoms with E-state index in [-0.39, 0.29) is 5.92 Å². The highest BCUT2D eigenvalue weighted by Crippen LogP contribution is 2.35. The summed E-state index contributed by atoms with van der Waals surface area (Å²) in [6.07, 6.45) is 3.53. The fraction of sp³-hybridized carbons (Fsp3) is 0.417. The Morgan fingerprint density at radius 2 is 2.27 bits per heavy atom. The number of ether oxygens (including phenoxy) is 1. The lowest BCUT2D eigenvalue weighted by Crippen LogP contribution is -2.00. The van der Waals surface area contributed by atoms with Crippen LogP contribution in [-0.2, 0) is 4.79 Å². The number of benzene rings is 1. The maximum absolute atomic E-state index is 10.5. The normalized spacial score (nSPS) is 12.2. The van der Waals surface area contributed by atoms with Gasteiger partial charge in [0.25, 0.3) is 0 Å². The summed E-state index contributed by atoms with van der Waals surface area (Å²) in [5, 5.41) is 0. The first-order valence-electron chi connectivity index (χ1n) is 4.89. The van der Waals surface area contributed by atoms with E-state index in [2.05, 4.69) is 6.07 Å². The molecule has 1 aromatic carbocycles. The number of hydrogen-bond donors (Lipinski definition) is 0. The Kier molecular flexibility index (Phi) is 4.69. The summed E-state index contributed by atoms with van der Waals surface area (Å²) in [7, 11) is 1.66. The van der Waals surface area contributed by atoms with Crippen LogP contribution in [0.25, 0.3) is 0 Å². The van der Waals surface area contributed by atoms with Crippen molar-refractivity contribution in [3.63, 3.8) is 0 Å². The first kappa shape index (κ1) is 12.1. The van der Waals surface area contributed by atoms with Crippen LogP contribution in [0.5, 0.6) is 5.75 Å². The summed E-state index contributed by atoms with van der Waals surface area (Å²) < 4.78 is 5.33. The molecule has 0 aliphatic rings. The quantitative estimate of drug-likeness (QED) is 0.568. The largest absolute Gasteiger partial charge is 0.496 e. The van der Waals surface area contributed by atoms with Crippen LogP contribution >= 0.6 is 11.8 Å². The maximum atomic E-state index is 10.5. The summed E-state index contributed by atoms with van der Waals surface area (Å²) in [6, 6.07) is 5.97. The summed E-state index contributed by atoms with van der Waals surface area (Å²) >= 11 is 1.68. The van der Waals surface area contributed by atoms with Crippen molar-refractivity contribution in [1.29, 1.82) is 0 Å². The molecule has 0 aliphatic heterocycles. The van der Waals surface area contributed by atoms with Crippen molar-refractivity contribution in [2.45, 2.75) is 24.2 Å². The third-order valence-electron chi connectivity index (χ3n) is 2.41. The van der Waals surface area contributed by atoms with E-state index in [0.717, 1.165) is 17.6 Å². The van der Waals surface area contributed by atoms with Crippen molar-refractivity contribution in [2.75, 3.05) is 13.4 Å². The van der Waals surface area contributed by atoms with Crippen molar-refractivity contribution >= 4 is 18.0 Å². The Labute approximate surface area is 95.0 Å². The molecule has 1 aromatic rings. The van der Waals surface area contributed by atoms with Crippen LogP contribution in [0.1, 0.15) is 24.8 Å². The molecular weight excluding hydrogens is 208 g/mol. The monoisotopic (exact) mass is 224 g/mol. The molecule has 0 heterocycles. The number of carbonyl (C=O) groups is 1. The van der Waals surface area contributed by atoms with E-state index in [9.17, 15) is 4.79 Å². The number of hydrogen-bond acceptors (Lipinski definition) is 3. The molecule has 15 heavy (non-hydrogen) atoms. The summed E-state index contributed by atoms with van der Waals surface area (Å²) in [5.41, 5.74) is 1.14. The van der Waals surface area contributed by atoms with Gasteiger partial charge in [-0.1, -0.05) is 13.0 Å². The van der Waals surface area contributed by atoms with Crippen molar-refractivity contribution in [1.82, 2.24) is 0 Å². The molecule has 1 rings (SSSR count). The predicted molar refractivity (Wildman–Crippen MR) is 63.9 cm³/mol. The standard InChI is InChI=1S/C12H16O2S/c1-9(7-8-13)12-10(14-2)5-4-6-11(12)15-3/h4-6,8-9H,7H2,1-3H3. The van der Waals surface area contributed by atoms with Crippen LogP contribution in [0, 0.1) is 0 Å². The van der Waals surface area contributed by atoms with E-state index in [4.69, 9.17) is 4.74 Å². The van der Waals surface area contributed by atoms with Crippen LogP contribution in [0.4, 0.5) is 0 Å². The van der Waals surface area contributed by atoms with Crippen LogP contribution in [-0.4, -0.2) is 19.7 Å². The molecule has 0 fully saturated rings. The van der Waals surface area contributed by atoms with E-state index in [1.165, 1.54) is 4.90 Å². The molecule has 0 spiro atoms. The molecule has 0 bridgehead atoms. The molecule has 0 radical (unpaired) electrons. The zero-order valence-corrected chi connectivity index (χ0v) is 10.1. The van der Waals surface area contributed by atoms with Gasteiger partial charge >= 0.3 is 0 Å². The minimum Gasteiger partial charge on any atom is -0.496 e. The highest BCUT2D eigenvalue weighted by atomic mass is 32.2. The second-order valence-corrected chi connectivity index (χ2v) is 4.23. The molecule has 0 saturated carbocycles. The third kappa shape index (κ3) is 2.75. The van der Waals surface area contributed by atoms with Gasteiger partial charge in [0.2, 0.25) is 0 Å². The minimum absolute atomic E-state index is 0.209. The van der Waals surface area contributed by atoms with Gasteiger partial charge in [0.15, 0.2) is 0 Å². The lowest BCUT2D eigenvalue weighted by molar-refractivity contribution is -0.108. The highest BCUT2D eigenvalue weighted by molar-refractivity contribution is 7.98. The Hall–Kier alpha value is -0.960. The fourth-order valence-electron chi connectivity index (χ4n) is 1.63. The highest BCUT2D eigenvalue weighted by Gasteiger charge is 2.15. The second-order valence-electron chi connectivity index (χ2n) is 3.38. The first-order valence-corrected chi connectivity index (χ1v) is 6.11. The van der Waals surface area contributed by atoms with Crippen LogP contribution < -0.4 is 4.74 Å². The summed E-state index contributed by atoms with van der Waals surface area (Å²) in [5.74, 6) is 1.08. The number of rotatable bonds is 5. The van der Waals surface area contributed by atoms with Crippen molar-refractivity contribution in [2.24, 2.45) is 0 Å². The Morgan fingerprint density at radius 3 is 2.80 bits per heavy atom. The van der Waals surface area contributed by atoms with Gasteiger partial charge in [0.05, 0.1) is 7.11 Å². The third-order valence-corrected chi connectivity index (χ3v) is 3.20. The number of carbonyl (C=O) groups excluding carboxylic acids is 1. The molecular formula is C12H16O2S. The topological polar surface area (TPSA) is 26.3 Å². The molecule has 1 unspecified atom stereocenters. The molecule has 3 heteroatoms.